The van der Waals surface area contributed by atoms with Gasteiger partial charge in [-0.3, -0.25) is 9.69 Å². The van der Waals surface area contributed by atoms with Crippen molar-refractivity contribution < 1.29 is 14.3 Å². The van der Waals surface area contributed by atoms with E-state index >= 15 is 0 Å². The first-order valence-corrected chi connectivity index (χ1v) is 9.50. The standard InChI is InChI=1S/C21H28N2O3/c1-2-19-17(15-23-10-6-7-11-23)13-20(26-19)21(25)22-14-18(24)12-16-8-4-3-5-9-16/h3-5,8-9,13,18,24H,2,6-7,10-12,14-15H2,1H3,(H,22,25). The van der Waals surface area contributed by atoms with Crippen LogP contribution in [0.1, 0.15) is 47.2 Å². The number of aliphatic hydroxyl groups is 1. The fraction of sp³-hybridized carbons (Fsp3) is 0.476. The number of nitrogens with zero attached hydrogens (tertiary/aromatic N) is 1. The van der Waals surface area contributed by atoms with Gasteiger partial charge in [-0.05, 0) is 37.6 Å². The molecule has 1 saturated heterocycles. The normalized spacial score (nSPS) is 15.9. The van der Waals surface area contributed by atoms with Gasteiger partial charge in [0, 0.05) is 31.5 Å². The van der Waals surface area contributed by atoms with Crippen LogP contribution in [-0.4, -0.2) is 41.7 Å². The number of hydrogen-bond acceptors (Lipinski definition) is 4. The van der Waals surface area contributed by atoms with Crippen LogP contribution in [-0.2, 0) is 19.4 Å². The monoisotopic (exact) mass is 356 g/mol. The van der Waals surface area contributed by atoms with E-state index < -0.39 is 6.10 Å². The van der Waals surface area contributed by atoms with Crippen molar-refractivity contribution in [2.24, 2.45) is 0 Å². The number of furan rings is 1. The van der Waals surface area contributed by atoms with Gasteiger partial charge in [0.25, 0.3) is 5.91 Å². The van der Waals surface area contributed by atoms with Crippen LogP contribution in [0, 0.1) is 0 Å². The molecule has 1 amide bonds. The van der Waals surface area contributed by atoms with E-state index in [1.54, 1.807) is 0 Å². The molecule has 0 spiro atoms. The van der Waals surface area contributed by atoms with Crippen molar-refractivity contribution in [2.45, 2.75) is 45.3 Å². The van der Waals surface area contributed by atoms with E-state index in [4.69, 9.17) is 4.42 Å². The van der Waals surface area contributed by atoms with Crippen LogP contribution in [0.5, 0.6) is 0 Å². The summed E-state index contributed by atoms with van der Waals surface area (Å²) in [5, 5.41) is 12.9. The van der Waals surface area contributed by atoms with Crippen molar-refractivity contribution in [3.63, 3.8) is 0 Å². The summed E-state index contributed by atoms with van der Waals surface area (Å²) in [6.45, 7) is 5.31. The predicted octanol–water partition coefficient (Wildman–Crippen LogP) is 2.77. The second-order valence-electron chi connectivity index (χ2n) is 6.95. The van der Waals surface area contributed by atoms with Crippen molar-refractivity contribution in [3.05, 3.63) is 59.0 Å². The minimum atomic E-state index is -0.619. The SMILES string of the molecule is CCc1oc(C(=O)NCC(O)Cc2ccccc2)cc1CN1CCCC1. The molecule has 1 atom stereocenters. The molecule has 2 aromatic rings. The molecule has 2 heterocycles. The lowest BCUT2D eigenvalue weighted by Crippen LogP contribution is -2.33. The second-order valence-corrected chi connectivity index (χ2v) is 6.95. The zero-order chi connectivity index (χ0) is 18.4. The lowest BCUT2D eigenvalue weighted by Gasteiger charge is -2.13. The van der Waals surface area contributed by atoms with Crippen LogP contribution in [0.15, 0.2) is 40.8 Å². The van der Waals surface area contributed by atoms with Crippen molar-refractivity contribution in [2.75, 3.05) is 19.6 Å². The minimum absolute atomic E-state index is 0.206. The molecule has 3 rings (SSSR count). The molecule has 5 heteroatoms. The summed E-state index contributed by atoms with van der Waals surface area (Å²) in [4.78, 5) is 14.8. The molecule has 0 bridgehead atoms. The molecule has 140 valence electrons. The van der Waals surface area contributed by atoms with Crippen LogP contribution in [0.25, 0.3) is 0 Å². The average molecular weight is 356 g/mol. The molecule has 1 aromatic heterocycles. The Kier molecular flexibility index (Phi) is 6.47. The molecule has 1 fully saturated rings. The first-order valence-electron chi connectivity index (χ1n) is 9.50. The zero-order valence-corrected chi connectivity index (χ0v) is 15.4. The number of likely N-dealkylation sites (tertiary alicyclic amines) is 1. The Morgan fingerprint density at radius 1 is 1.27 bits per heavy atom. The van der Waals surface area contributed by atoms with Gasteiger partial charge in [0.05, 0.1) is 6.10 Å². The van der Waals surface area contributed by atoms with E-state index in [1.807, 2.05) is 43.3 Å². The van der Waals surface area contributed by atoms with E-state index in [0.717, 1.165) is 42.9 Å². The van der Waals surface area contributed by atoms with Crippen molar-refractivity contribution in [3.8, 4) is 0 Å². The Labute approximate surface area is 155 Å². The fourth-order valence-electron chi connectivity index (χ4n) is 3.45. The molecule has 2 N–H and O–H groups in total. The highest BCUT2D eigenvalue weighted by molar-refractivity contribution is 5.91. The molecule has 0 aliphatic carbocycles. The number of carbonyl (C=O) groups excluding carboxylic acids is 1. The molecule has 1 unspecified atom stereocenters. The summed E-state index contributed by atoms with van der Waals surface area (Å²) in [6, 6.07) is 11.6. The van der Waals surface area contributed by atoms with Gasteiger partial charge in [-0.1, -0.05) is 37.3 Å². The molecule has 5 nitrogen and oxygen atoms in total. The molecular weight excluding hydrogens is 328 g/mol. The van der Waals surface area contributed by atoms with E-state index in [-0.39, 0.29) is 12.5 Å². The lowest BCUT2D eigenvalue weighted by atomic mass is 10.1. The summed E-state index contributed by atoms with van der Waals surface area (Å²) in [7, 11) is 0. The van der Waals surface area contributed by atoms with Gasteiger partial charge in [-0.2, -0.15) is 0 Å². The van der Waals surface area contributed by atoms with E-state index in [1.165, 1.54) is 12.8 Å². The highest BCUT2D eigenvalue weighted by atomic mass is 16.4. The average Bonchev–Trinajstić information content (AvgIpc) is 3.30. The first-order chi connectivity index (χ1) is 12.7. The summed E-state index contributed by atoms with van der Waals surface area (Å²) in [6.07, 6.45) is 3.15. The van der Waals surface area contributed by atoms with Gasteiger partial charge in [0.1, 0.15) is 5.76 Å². The third-order valence-corrected chi connectivity index (χ3v) is 4.85. The molecule has 0 saturated carbocycles. The topological polar surface area (TPSA) is 65.7 Å². The lowest BCUT2D eigenvalue weighted by molar-refractivity contribution is 0.0887. The summed E-state index contributed by atoms with van der Waals surface area (Å²) in [5.41, 5.74) is 2.15. The Hall–Kier alpha value is -2.11. The van der Waals surface area contributed by atoms with E-state index in [9.17, 15) is 9.90 Å². The molecule has 26 heavy (non-hydrogen) atoms. The molecule has 1 aromatic carbocycles. The number of aliphatic hydroxyl groups excluding tert-OH is 1. The van der Waals surface area contributed by atoms with Crippen LogP contribution in [0.4, 0.5) is 0 Å². The molecule has 1 aliphatic rings. The molecular formula is C21H28N2O3. The van der Waals surface area contributed by atoms with Gasteiger partial charge in [-0.25, -0.2) is 0 Å². The van der Waals surface area contributed by atoms with E-state index in [0.29, 0.717) is 12.2 Å². The van der Waals surface area contributed by atoms with Crippen LogP contribution >= 0.6 is 0 Å². The van der Waals surface area contributed by atoms with Gasteiger partial charge in [0.2, 0.25) is 0 Å². The Morgan fingerprint density at radius 2 is 2.00 bits per heavy atom. The Balaban J connectivity index is 1.54. The molecule has 0 radical (unpaired) electrons. The minimum Gasteiger partial charge on any atom is -0.456 e. The highest BCUT2D eigenvalue weighted by Gasteiger charge is 2.20. The number of benzene rings is 1. The van der Waals surface area contributed by atoms with Crippen LogP contribution in [0.3, 0.4) is 0 Å². The summed E-state index contributed by atoms with van der Waals surface area (Å²) >= 11 is 0. The fourth-order valence-corrected chi connectivity index (χ4v) is 3.45. The van der Waals surface area contributed by atoms with Crippen LogP contribution < -0.4 is 5.32 Å². The van der Waals surface area contributed by atoms with Gasteiger partial charge in [-0.15, -0.1) is 0 Å². The van der Waals surface area contributed by atoms with Crippen molar-refractivity contribution in [1.82, 2.24) is 10.2 Å². The smallest absolute Gasteiger partial charge is 0.287 e. The van der Waals surface area contributed by atoms with Crippen molar-refractivity contribution in [1.29, 1.82) is 0 Å². The van der Waals surface area contributed by atoms with Gasteiger partial charge in [0.15, 0.2) is 5.76 Å². The Bertz CT molecular complexity index is 705. The second kappa shape index (κ2) is 9.01. The van der Waals surface area contributed by atoms with E-state index in [2.05, 4.69) is 10.2 Å². The summed E-state index contributed by atoms with van der Waals surface area (Å²) in [5.74, 6) is 0.953. The first kappa shape index (κ1) is 18.7. The number of hydrogen-bond donors (Lipinski definition) is 2. The predicted molar refractivity (Wildman–Crippen MR) is 101 cm³/mol. The largest absolute Gasteiger partial charge is 0.456 e. The highest BCUT2D eigenvalue weighted by Crippen LogP contribution is 2.20. The molecule has 1 aliphatic heterocycles. The zero-order valence-electron chi connectivity index (χ0n) is 15.4. The number of nitrogens with one attached hydrogen (secondary N) is 1. The maximum absolute atomic E-state index is 12.4. The number of aryl methyl sites for hydroxylation is 1. The van der Waals surface area contributed by atoms with Crippen LogP contribution in [0.2, 0.25) is 0 Å². The number of carbonyl (C=O) groups is 1. The van der Waals surface area contributed by atoms with Crippen molar-refractivity contribution >= 4 is 5.91 Å². The number of rotatable bonds is 8. The van der Waals surface area contributed by atoms with Gasteiger partial charge < -0.3 is 14.8 Å². The number of amides is 1. The van der Waals surface area contributed by atoms with Gasteiger partial charge >= 0.3 is 0 Å². The maximum atomic E-state index is 12.4. The maximum Gasteiger partial charge on any atom is 0.287 e. The quantitative estimate of drug-likeness (QED) is 0.763. The Morgan fingerprint density at radius 3 is 2.69 bits per heavy atom. The third kappa shape index (κ3) is 4.96. The summed E-state index contributed by atoms with van der Waals surface area (Å²) < 4.78 is 5.77. The third-order valence-electron chi connectivity index (χ3n) is 4.85.